The maximum Gasteiger partial charge on any atom is 0.146 e. The van der Waals surface area contributed by atoms with Gasteiger partial charge in [-0.1, -0.05) is 5.16 Å². The van der Waals surface area contributed by atoms with Gasteiger partial charge in [-0.2, -0.15) is 0 Å². The third-order valence-corrected chi connectivity index (χ3v) is 2.36. The van der Waals surface area contributed by atoms with Crippen LogP contribution in [0.1, 0.15) is 19.8 Å². The summed E-state index contributed by atoms with van der Waals surface area (Å²) in [6.07, 6.45) is 1.72. The molecule has 4 nitrogen and oxygen atoms in total. The van der Waals surface area contributed by atoms with Gasteiger partial charge in [-0.25, -0.2) is 0 Å². The van der Waals surface area contributed by atoms with Gasteiger partial charge >= 0.3 is 0 Å². The molecule has 1 saturated heterocycles. The number of rotatable bonds is 2. The quantitative estimate of drug-likeness (QED) is 0.592. The molecule has 0 saturated carbocycles. The number of piperidine rings is 1. The van der Waals surface area contributed by atoms with Crippen molar-refractivity contribution in [2.45, 2.75) is 25.8 Å². The number of nitrogens with zero attached hydrogens (tertiary/aromatic N) is 2. The second-order valence-corrected chi connectivity index (χ2v) is 3.42. The van der Waals surface area contributed by atoms with Gasteiger partial charge in [-0.3, -0.25) is 9.69 Å². The van der Waals surface area contributed by atoms with Gasteiger partial charge in [-0.05, 0) is 26.8 Å². The highest BCUT2D eigenvalue weighted by atomic mass is 16.6. The normalized spacial score (nSPS) is 27.6. The summed E-state index contributed by atoms with van der Waals surface area (Å²) in [7, 11) is 3.49. The molecule has 0 amide bonds. The zero-order valence-corrected chi connectivity index (χ0v) is 8.41. The number of oxime groups is 1. The molecule has 13 heavy (non-hydrogen) atoms. The Bertz CT molecular complexity index is 226. The first-order chi connectivity index (χ1) is 6.15. The lowest BCUT2D eigenvalue weighted by Crippen LogP contribution is -2.44. The number of Topliss-reactive ketones (excluding diaryl/α,β-unsaturated/α-hetero) is 1. The van der Waals surface area contributed by atoms with Gasteiger partial charge in [0.2, 0.25) is 0 Å². The topological polar surface area (TPSA) is 41.9 Å². The molecule has 1 aliphatic heterocycles. The third kappa shape index (κ3) is 2.52. The minimum atomic E-state index is 0.0656. The molecular formula is C9H16N2O2. The van der Waals surface area contributed by atoms with E-state index in [-0.39, 0.29) is 11.8 Å². The van der Waals surface area contributed by atoms with Crippen molar-refractivity contribution in [2.24, 2.45) is 5.16 Å². The molecule has 1 heterocycles. The highest BCUT2D eigenvalue weighted by Crippen LogP contribution is 2.14. The Labute approximate surface area is 78.5 Å². The van der Waals surface area contributed by atoms with Gasteiger partial charge in [0.15, 0.2) is 0 Å². The van der Waals surface area contributed by atoms with Crippen LogP contribution < -0.4 is 0 Å². The first-order valence-corrected chi connectivity index (χ1v) is 4.44. The Balaban J connectivity index is 2.56. The van der Waals surface area contributed by atoms with E-state index < -0.39 is 0 Å². The summed E-state index contributed by atoms with van der Waals surface area (Å²) in [5, 5.41) is 3.89. The van der Waals surface area contributed by atoms with Gasteiger partial charge in [0.1, 0.15) is 12.9 Å². The number of likely N-dealkylation sites (N-methyl/N-ethyl adjacent to an activating group) is 1. The predicted octanol–water partition coefficient (Wildman–Crippen LogP) is 0.672. The Morgan fingerprint density at radius 2 is 2.38 bits per heavy atom. The highest BCUT2D eigenvalue weighted by molar-refractivity contribution is 5.90. The van der Waals surface area contributed by atoms with Crippen LogP contribution in [-0.4, -0.2) is 43.1 Å². The van der Waals surface area contributed by atoms with E-state index in [9.17, 15) is 4.79 Å². The third-order valence-electron chi connectivity index (χ3n) is 2.36. The van der Waals surface area contributed by atoms with E-state index in [0.29, 0.717) is 0 Å². The van der Waals surface area contributed by atoms with Crippen LogP contribution in [0.25, 0.3) is 0 Å². The van der Waals surface area contributed by atoms with E-state index in [1.54, 1.807) is 14.0 Å². The zero-order valence-electron chi connectivity index (χ0n) is 8.41. The van der Waals surface area contributed by atoms with Crippen LogP contribution in [0, 0.1) is 0 Å². The largest absolute Gasteiger partial charge is 0.399 e. The lowest BCUT2D eigenvalue weighted by Gasteiger charge is -2.30. The minimum Gasteiger partial charge on any atom is -0.399 e. The summed E-state index contributed by atoms with van der Waals surface area (Å²) in [5.41, 5.74) is 1.02. The summed E-state index contributed by atoms with van der Waals surface area (Å²) >= 11 is 0. The molecule has 0 aromatic heterocycles. The molecular weight excluding hydrogens is 168 g/mol. The van der Waals surface area contributed by atoms with Crippen molar-refractivity contribution in [1.82, 2.24) is 4.90 Å². The number of ketones is 1. The molecule has 74 valence electrons. The zero-order chi connectivity index (χ0) is 9.84. The van der Waals surface area contributed by atoms with Crippen LogP contribution in [0.3, 0.4) is 0 Å². The van der Waals surface area contributed by atoms with Gasteiger partial charge in [0, 0.05) is 6.54 Å². The molecule has 0 spiro atoms. The average molecular weight is 184 g/mol. The van der Waals surface area contributed by atoms with E-state index in [0.717, 1.165) is 25.1 Å². The van der Waals surface area contributed by atoms with Crippen LogP contribution in [0.5, 0.6) is 0 Å². The Hall–Kier alpha value is -0.900. The highest BCUT2D eigenvalue weighted by Gasteiger charge is 2.26. The maximum atomic E-state index is 11.2. The number of likely N-dealkylation sites (tertiary alicyclic amines) is 1. The molecule has 1 rings (SSSR count). The van der Waals surface area contributed by atoms with Gasteiger partial charge in [-0.15, -0.1) is 0 Å². The summed E-state index contributed by atoms with van der Waals surface area (Å²) < 4.78 is 0. The van der Waals surface area contributed by atoms with E-state index in [2.05, 4.69) is 5.16 Å². The maximum absolute atomic E-state index is 11.2. The lowest BCUT2D eigenvalue weighted by atomic mass is 9.99. The fourth-order valence-corrected chi connectivity index (χ4v) is 1.72. The first kappa shape index (κ1) is 10.2. The minimum absolute atomic E-state index is 0.0656. The molecule has 0 unspecified atom stereocenters. The summed E-state index contributed by atoms with van der Waals surface area (Å²) in [6.45, 7) is 2.37. The average Bonchev–Trinajstić information content (AvgIpc) is 2.04. The number of carbonyl (C=O) groups excluding carboxylic acids is 1. The molecule has 1 fully saturated rings. The smallest absolute Gasteiger partial charge is 0.146 e. The van der Waals surface area contributed by atoms with Crippen molar-refractivity contribution in [3.8, 4) is 0 Å². The van der Waals surface area contributed by atoms with Gasteiger partial charge in [0.25, 0.3) is 0 Å². The Kier molecular flexibility index (Phi) is 3.42. The molecule has 0 N–H and O–H groups in total. The lowest BCUT2D eigenvalue weighted by molar-refractivity contribution is -0.121. The Morgan fingerprint density at radius 3 is 2.85 bits per heavy atom. The fraction of sp³-hybridized carbons (Fsp3) is 0.778. The number of carbonyl (C=O) groups is 1. The van der Waals surface area contributed by atoms with E-state index >= 15 is 0 Å². The molecule has 4 heteroatoms. The molecule has 1 atom stereocenters. The van der Waals surface area contributed by atoms with Crippen LogP contribution in [0.4, 0.5) is 0 Å². The summed E-state index contributed by atoms with van der Waals surface area (Å²) in [4.78, 5) is 17.9. The molecule has 0 bridgehead atoms. The number of hydrogen-bond acceptors (Lipinski definition) is 4. The predicted molar refractivity (Wildman–Crippen MR) is 50.8 cm³/mol. The van der Waals surface area contributed by atoms with Crippen molar-refractivity contribution in [1.29, 1.82) is 0 Å². The van der Waals surface area contributed by atoms with Crippen molar-refractivity contribution in [3.63, 3.8) is 0 Å². The van der Waals surface area contributed by atoms with Crippen LogP contribution >= 0.6 is 0 Å². The first-order valence-electron chi connectivity index (χ1n) is 4.44. The second kappa shape index (κ2) is 4.37. The van der Waals surface area contributed by atoms with Crippen molar-refractivity contribution >= 4 is 11.5 Å². The summed E-state index contributed by atoms with van der Waals surface area (Å²) in [6, 6.07) is 0.0656. The molecule has 0 aliphatic carbocycles. The van der Waals surface area contributed by atoms with E-state index in [1.165, 1.54) is 0 Å². The summed E-state index contributed by atoms with van der Waals surface area (Å²) in [5.74, 6) is 0.235. The van der Waals surface area contributed by atoms with E-state index in [4.69, 9.17) is 4.84 Å². The van der Waals surface area contributed by atoms with Gasteiger partial charge < -0.3 is 4.84 Å². The monoisotopic (exact) mass is 184 g/mol. The number of hydrogen-bond donors (Lipinski definition) is 0. The van der Waals surface area contributed by atoms with Crippen molar-refractivity contribution in [3.05, 3.63) is 0 Å². The standard InChI is InChI=1S/C9H16N2O2/c1-7(12)9-5-4-8(10-13-3)6-11(9)2/h9H,4-6H2,1-3H3/t9-/m0/s1. The molecule has 0 aromatic rings. The SMILES string of the molecule is CON=C1CC[C@@H](C(C)=O)N(C)C1. The van der Waals surface area contributed by atoms with Gasteiger partial charge in [0.05, 0.1) is 11.8 Å². The van der Waals surface area contributed by atoms with Crippen LogP contribution in [0.15, 0.2) is 5.16 Å². The van der Waals surface area contributed by atoms with E-state index in [1.807, 2.05) is 11.9 Å². The molecule has 0 aromatic carbocycles. The fourth-order valence-electron chi connectivity index (χ4n) is 1.72. The van der Waals surface area contributed by atoms with Crippen molar-refractivity contribution in [2.75, 3.05) is 20.7 Å². The molecule has 0 radical (unpaired) electrons. The van der Waals surface area contributed by atoms with Crippen LogP contribution in [0.2, 0.25) is 0 Å². The Morgan fingerprint density at radius 1 is 1.69 bits per heavy atom. The molecule has 1 aliphatic rings. The second-order valence-electron chi connectivity index (χ2n) is 3.42. The van der Waals surface area contributed by atoms with Crippen LogP contribution in [-0.2, 0) is 9.63 Å². The van der Waals surface area contributed by atoms with Crippen molar-refractivity contribution < 1.29 is 9.63 Å².